The number of rotatable bonds is 1. The molecule has 6 nitrogen and oxygen atoms in total. The number of benzene rings is 2. The predicted molar refractivity (Wildman–Crippen MR) is 112 cm³/mol. The van der Waals surface area contributed by atoms with Crippen LogP contribution in [-0.4, -0.2) is 28.0 Å². The Morgan fingerprint density at radius 2 is 1.78 bits per heavy atom. The summed E-state index contributed by atoms with van der Waals surface area (Å²) in [6, 6.07) is 9.93. The van der Waals surface area contributed by atoms with Gasteiger partial charge in [-0.25, -0.2) is 13.6 Å². The first-order valence-corrected chi connectivity index (χ1v) is 9.47. The summed E-state index contributed by atoms with van der Waals surface area (Å²) in [5, 5.41) is 9.03. The number of pyridine rings is 1. The smallest absolute Gasteiger partial charge is 0.341 e. The maximum atomic E-state index is 14.3. The lowest BCUT2D eigenvalue weighted by molar-refractivity contribution is 0.0694. The van der Waals surface area contributed by atoms with Crippen LogP contribution in [0.2, 0.25) is 0 Å². The Morgan fingerprint density at radius 1 is 1.06 bits per heavy atom. The van der Waals surface area contributed by atoms with Crippen LogP contribution in [0.5, 0.6) is 5.75 Å². The maximum Gasteiger partial charge on any atom is 0.341 e. The van der Waals surface area contributed by atoms with Crippen molar-refractivity contribution in [2.24, 2.45) is 0 Å². The summed E-state index contributed by atoms with van der Waals surface area (Å²) in [4.78, 5) is 37.2. The number of ether oxygens (including phenoxy) is 1. The van der Waals surface area contributed by atoms with E-state index in [-0.39, 0.29) is 22.6 Å². The van der Waals surface area contributed by atoms with Crippen LogP contribution in [0.25, 0.3) is 29.5 Å². The van der Waals surface area contributed by atoms with Crippen LogP contribution in [0.15, 0.2) is 59.0 Å². The first-order chi connectivity index (χ1) is 15.3. The molecule has 32 heavy (non-hydrogen) atoms. The van der Waals surface area contributed by atoms with Gasteiger partial charge in [-0.3, -0.25) is 9.59 Å². The number of carbonyl (C=O) groups is 2. The highest BCUT2D eigenvalue weighted by atomic mass is 19.2. The van der Waals surface area contributed by atoms with Crippen molar-refractivity contribution in [2.45, 2.75) is 0 Å². The number of allylic oxidation sites excluding steroid dienone is 1. The minimum atomic E-state index is -1.54. The van der Waals surface area contributed by atoms with Crippen molar-refractivity contribution in [1.82, 2.24) is 4.57 Å². The van der Waals surface area contributed by atoms with Crippen LogP contribution in [-0.2, 0) is 0 Å². The van der Waals surface area contributed by atoms with Crippen molar-refractivity contribution in [2.75, 3.05) is 6.61 Å². The lowest BCUT2D eigenvalue weighted by Gasteiger charge is -2.18. The number of aromatic nitrogens is 1. The normalized spacial score (nSPS) is 17.4. The van der Waals surface area contributed by atoms with E-state index in [2.05, 4.69) is 6.58 Å². The lowest BCUT2D eigenvalue weighted by Crippen LogP contribution is -2.46. The van der Waals surface area contributed by atoms with E-state index in [0.29, 0.717) is 28.3 Å². The number of hydrogen-bond donors (Lipinski definition) is 1. The molecule has 0 unspecified atom stereocenters. The van der Waals surface area contributed by atoms with Crippen LogP contribution < -0.4 is 20.7 Å². The molecule has 0 fully saturated rings. The first-order valence-electron chi connectivity index (χ1n) is 9.47. The molecule has 0 atom stereocenters. The van der Waals surface area contributed by atoms with Gasteiger partial charge in [0.2, 0.25) is 5.43 Å². The van der Waals surface area contributed by atoms with Crippen LogP contribution >= 0.6 is 0 Å². The van der Waals surface area contributed by atoms with E-state index < -0.39 is 40.4 Å². The lowest BCUT2D eigenvalue weighted by atomic mass is 10.0. The second-order valence-electron chi connectivity index (χ2n) is 7.33. The molecule has 8 heteroatoms. The van der Waals surface area contributed by atoms with Crippen molar-refractivity contribution in [3.63, 3.8) is 0 Å². The molecule has 2 heterocycles. The van der Waals surface area contributed by atoms with E-state index in [1.54, 1.807) is 30.3 Å². The van der Waals surface area contributed by atoms with Gasteiger partial charge in [0, 0.05) is 27.9 Å². The Balaban J connectivity index is 1.93. The zero-order valence-electron chi connectivity index (χ0n) is 16.3. The van der Waals surface area contributed by atoms with E-state index in [9.17, 15) is 28.3 Å². The topological polar surface area (TPSA) is 85.6 Å². The van der Waals surface area contributed by atoms with Crippen LogP contribution in [0, 0.1) is 0 Å². The molecular formula is C24H13F2NO5. The van der Waals surface area contributed by atoms with Crippen LogP contribution in [0.4, 0.5) is 8.78 Å². The minimum Gasteiger partial charge on any atom is -0.484 e. The Kier molecular flexibility index (Phi) is 4.20. The van der Waals surface area contributed by atoms with E-state index in [0.717, 1.165) is 6.20 Å². The molecule has 3 aromatic rings. The summed E-state index contributed by atoms with van der Waals surface area (Å²) in [5.74, 6) is -4.46. The highest BCUT2D eigenvalue weighted by molar-refractivity contribution is 6.22. The molecule has 0 amide bonds. The van der Waals surface area contributed by atoms with Gasteiger partial charge in [0.05, 0.1) is 5.69 Å². The third-order valence-electron chi connectivity index (χ3n) is 5.53. The molecule has 2 bridgehead atoms. The van der Waals surface area contributed by atoms with Gasteiger partial charge in [-0.2, -0.15) is 0 Å². The quantitative estimate of drug-likeness (QED) is 0.499. The van der Waals surface area contributed by atoms with Crippen molar-refractivity contribution in [3.05, 3.63) is 91.7 Å². The number of carbonyl (C=O) groups excluding carboxylic acids is 1. The SMILES string of the molecule is C=c1\c2c(=O)c(C(=O)O)cn1-c1cc3c(cc1OC/C(F)=C(F)\C=2)C(=O)c1ccccc1-3. The molecule has 158 valence electrons. The molecule has 0 spiro atoms. The summed E-state index contributed by atoms with van der Waals surface area (Å²) < 4.78 is 35.4. The standard InChI is InChI=1S/C24H13F2NO5/c1-11-14-6-18(25)19(26)10-32-21-8-16-15(12-4-2-3-5-13(12)22(16)28)7-20(21)27(11)9-17(23(14)29)24(30)31/h2-9H,1,10H2,(H,30,31)/b14-6+,19-18-. The summed E-state index contributed by atoms with van der Waals surface area (Å²) >= 11 is 0. The van der Waals surface area contributed by atoms with E-state index >= 15 is 0 Å². The number of ketones is 1. The van der Waals surface area contributed by atoms with Crippen LogP contribution in [0.1, 0.15) is 26.3 Å². The van der Waals surface area contributed by atoms with Crippen molar-refractivity contribution in [3.8, 4) is 22.6 Å². The molecule has 1 aliphatic heterocycles. The van der Waals surface area contributed by atoms with Gasteiger partial charge < -0.3 is 14.4 Å². The molecule has 0 saturated carbocycles. The van der Waals surface area contributed by atoms with Crippen molar-refractivity contribution in [1.29, 1.82) is 0 Å². The van der Waals surface area contributed by atoms with E-state index in [1.807, 2.05) is 0 Å². The third-order valence-corrected chi connectivity index (χ3v) is 5.53. The second kappa shape index (κ2) is 6.84. The zero-order valence-corrected chi connectivity index (χ0v) is 16.3. The molecule has 1 aliphatic carbocycles. The number of nitrogens with zero attached hydrogens (tertiary/aromatic N) is 1. The predicted octanol–water partition coefficient (Wildman–Crippen LogP) is 2.48. The number of halogens is 2. The molecule has 2 aromatic carbocycles. The second-order valence-corrected chi connectivity index (χ2v) is 7.33. The van der Waals surface area contributed by atoms with Crippen molar-refractivity contribution < 1.29 is 28.2 Å². The third kappa shape index (κ3) is 2.73. The fourth-order valence-corrected chi connectivity index (χ4v) is 3.95. The molecule has 5 rings (SSSR count). The Hall–Kier alpha value is -4.33. The van der Waals surface area contributed by atoms with Gasteiger partial charge in [-0.15, -0.1) is 0 Å². The first kappa shape index (κ1) is 19.6. The number of fused-ring (bicyclic) bond motifs is 7. The average molecular weight is 433 g/mol. The van der Waals surface area contributed by atoms with E-state index in [4.69, 9.17) is 4.74 Å². The molecule has 2 aliphatic rings. The number of aromatic carboxylic acids is 1. The van der Waals surface area contributed by atoms with Gasteiger partial charge in [0.25, 0.3) is 0 Å². The average Bonchev–Trinajstić information content (AvgIpc) is 3.05. The van der Waals surface area contributed by atoms with Gasteiger partial charge >= 0.3 is 5.97 Å². The fourth-order valence-electron chi connectivity index (χ4n) is 3.95. The summed E-state index contributed by atoms with van der Waals surface area (Å²) in [6.07, 6.45) is 1.67. The Bertz CT molecular complexity index is 1580. The highest BCUT2D eigenvalue weighted by Crippen LogP contribution is 2.41. The molecule has 1 N–H and O–H groups in total. The number of carboxylic acid groups (broad SMARTS) is 1. The molecule has 0 radical (unpaired) electrons. The summed E-state index contributed by atoms with van der Waals surface area (Å²) in [6.45, 7) is 3.01. The minimum absolute atomic E-state index is 0.00518. The van der Waals surface area contributed by atoms with Gasteiger partial charge in [0.1, 0.15) is 17.9 Å². The van der Waals surface area contributed by atoms with Gasteiger partial charge in [0.15, 0.2) is 17.4 Å². The van der Waals surface area contributed by atoms with E-state index in [1.165, 1.54) is 10.6 Å². The van der Waals surface area contributed by atoms with Crippen molar-refractivity contribution >= 4 is 24.4 Å². The van der Waals surface area contributed by atoms with Gasteiger partial charge in [-0.05, 0) is 29.3 Å². The highest BCUT2D eigenvalue weighted by Gasteiger charge is 2.29. The Morgan fingerprint density at radius 3 is 2.50 bits per heavy atom. The fraction of sp³-hybridized carbons (Fsp3) is 0.0417. The number of hydrogen-bond acceptors (Lipinski definition) is 4. The van der Waals surface area contributed by atoms with Crippen LogP contribution in [0.3, 0.4) is 0 Å². The molecule has 0 saturated heterocycles. The summed E-state index contributed by atoms with van der Waals surface area (Å²) in [5.41, 5.74) is 0.595. The zero-order chi connectivity index (χ0) is 22.7. The molecular weight excluding hydrogens is 420 g/mol. The maximum absolute atomic E-state index is 14.3. The Labute approximate surface area is 178 Å². The molecule has 1 aromatic heterocycles. The summed E-state index contributed by atoms with van der Waals surface area (Å²) in [7, 11) is 0. The monoisotopic (exact) mass is 433 g/mol. The number of carboxylic acids is 1. The largest absolute Gasteiger partial charge is 0.484 e. The van der Waals surface area contributed by atoms with Gasteiger partial charge in [-0.1, -0.05) is 30.8 Å².